The number of rotatable bonds is 3. The lowest BCUT2D eigenvalue weighted by Crippen LogP contribution is -2.53. The van der Waals surface area contributed by atoms with Crippen LogP contribution in [0.3, 0.4) is 0 Å². The van der Waals surface area contributed by atoms with Crippen LogP contribution in [0.25, 0.3) is 0 Å². The second-order valence-corrected chi connectivity index (χ2v) is 6.57. The normalized spacial score (nSPS) is 21.9. The lowest BCUT2D eigenvalue weighted by atomic mass is 9.86. The van der Waals surface area contributed by atoms with E-state index in [0.717, 1.165) is 19.4 Å². The SMILES string of the molecule is CC(=O)NCC1CCCN(C(=O)[C@@H](N)C(C)(C)C)C1. The van der Waals surface area contributed by atoms with Crippen molar-refractivity contribution < 1.29 is 9.59 Å². The van der Waals surface area contributed by atoms with E-state index in [4.69, 9.17) is 5.73 Å². The summed E-state index contributed by atoms with van der Waals surface area (Å²) in [5, 5.41) is 2.83. The molecular formula is C14H27N3O2. The highest BCUT2D eigenvalue weighted by Crippen LogP contribution is 2.22. The minimum atomic E-state index is -0.466. The smallest absolute Gasteiger partial charge is 0.240 e. The minimum Gasteiger partial charge on any atom is -0.356 e. The molecule has 5 heteroatoms. The molecule has 5 nitrogen and oxygen atoms in total. The van der Waals surface area contributed by atoms with E-state index in [1.807, 2.05) is 25.7 Å². The van der Waals surface area contributed by atoms with Crippen molar-refractivity contribution in [2.75, 3.05) is 19.6 Å². The molecule has 1 saturated heterocycles. The first kappa shape index (κ1) is 16.0. The fraction of sp³-hybridized carbons (Fsp3) is 0.857. The number of nitrogens with two attached hydrogens (primary N) is 1. The van der Waals surface area contributed by atoms with E-state index < -0.39 is 6.04 Å². The Balaban J connectivity index is 2.54. The third-order valence-corrected chi connectivity index (χ3v) is 3.67. The van der Waals surface area contributed by atoms with Gasteiger partial charge in [0, 0.05) is 26.6 Å². The monoisotopic (exact) mass is 269 g/mol. The predicted molar refractivity (Wildman–Crippen MR) is 75.4 cm³/mol. The Morgan fingerprint density at radius 1 is 1.42 bits per heavy atom. The van der Waals surface area contributed by atoms with Crippen LogP contribution in [-0.2, 0) is 9.59 Å². The van der Waals surface area contributed by atoms with Crippen molar-refractivity contribution in [3.05, 3.63) is 0 Å². The molecule has 1 unspecified atom stereocenters. The number of carbonyl (C=O) groups excluding carboxylic acids is 2. The molecule has 0 aromatic carbocycles. The zero-order valence-electron chi connectivity index (χ0n) is 12.5. The maximum Gasteiger partial charge on any atom is 0.240 e. The van der Waals surface area contributed by atoms with Gasteiger partial charge in [0.25, 0.3) is 0 Å². The molecule has 2 amide bonds. The average Bonchev–Trinajstić information content (AvgIpc) is 2.33. The lowest BCUT2D eigenvalue weighted by molar-refractivity contribution is -0.136. The topological polar surface area (TPSA) is 75.4 Å². The fourth-order valence-corrected chi connectivity index (χ4v) is 2.29. The molecule has 110 valence electrons. The van der Waals surface area contributed by atoms with E-state index in [9.17, 15) is 9.59 Å². The van der Waals surface area contributed by atoms with Crippen molar-refractivity contribution in [2.24, 2.45) is 17.1 Å². The number of likely N-dealkylation sites (tertiary alicyclic amines) is 1. The number of hydrogen-bond acceptors (Lipinski definition) is 3. The highest BCUT2D eigenvalue weighted by molar-refractivity contribution is 5.82. The van der Waals surface area contributed by atoms with E-state index in [-0.39, 0.29) is 17.2 Å². The number of amides is 2. The van der Waals surface area contributed by atoms with Crippen LogP contribution in [0.1, 0.15) is 40.5 Å². The number of nitrogens with zero attached hydrogens (tertiary/aromatic N) is 1. The first-order chi connectivity index (χ1) is 8.71. The van der Waals surface area contributed by atoms with Gasteiger partial charge in [-0.25, -0.2) is 0 Å². The van der Waals surface area contributed by atoms with Gasteiger partial charge in [-0.15, -0.1) is 0 Å². The van der Waals surface area contributed by atoms with Gasteiger partial charge < -0.3 is 16.0 Å². The van der Waals surface area contributed by atoms with Crippen molar-refractivity contribution in [1.82, 2.24) is 10.2 Å². The molecule has 0 bridgehead atoms. The summed E-state index contributed by atoms with van der Waals surface area (Å²) in [6.07, 6.45) is 2.03. The Hall–Kier alpha value is -1.10. The fourth-order valence-electron chi connectivity index (χ4n) is 2.29. The van der Waals surface area contributed by atoms with Crippen molar-refractivity contribution in [1.29, 1.82) is 0 Å². The van der Waals surface area contributed by atoms with Gasteiger partial charge in [0.15, 0.2) is 0 Å². The zero-order chi connectivity index (χ0) is 14.6. The van der Waals surface area contributed by atoms with Crippen molar-refractivity contribution >= 4 is 11.8 Å². The number of piperidine rings is 1. The van der Waals surface area contributed by atoms with Gasteiger partial charge in [0.2, 0.25) is 11.8 Å². The largest absolute Gasteiger partial charge is 0.356 e. The van der Waals surface area contributed by atoms with Gasteiger partial charge >= 0.3 is 0 Å². The second kappa shape index (κ2) is 6.37. The Kier molecular flexibility index (Phi) is 5.35. The Morgan fingerprint density at radius 3 is 2.58 bits per heavy atom. The number of hydrogen-bond donors (Lipinski definition) is 2. The highest BCUT2D eigenvalue weighted by atomic mass is 16.2. The molecule has 0 spiro atoms. The summed E-state index contributed by atoms with van der Waals surface area (Å²) >= 11 is 0. The maximum absolute atomic E-state index is 12.3. The van der Waals surface area contributed by atoms with Gasteiger partial charge in [-0.1, -0.05) is 20.8 Å². The Labute approximate surface area is 115 Å². The van der Waals surface area contributed by atoms with E-state index in [1.54, 1.807) is 0 Å². The third-order valence-electron chi connectivity index (χ3n) is 3.67. The summed E-state index contributed by atoms with van der Waals surface area (Å²) in [6.45, 7) is 9.57. The van der Waals surface area contributed by atoms with Gasteiger partial charge in [0.1, 0.15) is 0 Å². The molecule has 1 rings (SSSR count). The van der Waals surface area contributed by atoms with Gasteiger partial charge in [0.05, 0.1) is 6.04 Å². The van der Waals surface area contributed by atoms with Crippen LogP contribution in [0.2, 0.25) is 0 Å². The molecular weight excluding hydrogens is 242 g/mol. The van der Waals surface area contributed by atoms with Crippen LogP contribution in [0.15, 0.2) is 0 Å². The third kappa shape index (κ3) is 4.82. The first-order valence-corrected chi connectivity index (χ1v) is 7.00. The van der Waals surface area contributed by atoms with E-state index in [0.29, 0.717) is 19.0 Å². The summed E-state index contributed by atoms with van der Waals surface area (Å²) in [4.78, 5) is 25.1. The quantitative estimate of drug-likeness (QED) is 0.793. The van der Waals surface area contributed by atoms with Crippen molar-refractivity contribution in [3.8, 4) is 0 Å². The molecule has 1 aliphatic rings. The van der Waals surface area contributed by atoms with E-state index >= 15 is 0 Å². The van der Waals surface area contributed by atoms with Crippen LogP contribution in [-0.4, -0.2) is 42.4 Å². The molecule has 2 atom stereocenters. The Bertz CT molecular complexity index is 336. The van der Waals surface area contributed by atoms with Crippen LogP contribution in [0, 0.1) is 11.3 Å². The molecule has 0 aliphatic carbocycles. The summed E-state index contributed by atoms with van der Waals surface area (Å²) in [7, 11) is 0. The molecule has 1 fully saturated rings. The second-order valence-electron chi connectivity index (χ2n) is 6.57. The molecule has 3 N–H and O–H groups in total. The molecule has 0 aromatic rings. The molecule has 1 aliphatic heterocycles. The van der Waals surface area contributed by atoms with Crippen LogP contribution < -0.4 is 11.1 Å². The minimum absolute atomic E-state index is 0.0187. The molecule has 19 heavy (non-hydrogen) atoms. The number of carbonyl (C=O) groups is 2. The van der Waals surface area contributed by atoms with Crippen LogP contribution in [0.4, 0.5) is 0 Å². The van der Waals surface area contributed by atoms with Crippen molar-refractivity contribution in [3.63, 3.8) is 0 Å². The maximum atomic E-state index is 12.3. The van der Waals surface area contributed by atoms with E-state index in [1.165, 1.54) is 6.92 Å². The summed E-state index contributed by atoms with van der Waals surface area (Å²) in [5.74, 6) is 0.351. The van der Waals surface area contributed by atoms with Crippen LogP contribution >= 0.6 is 0 Å². The van der Waals surface area contributed by atoms with Crippen molar-refractivity contribution in [2.45, 2.75) is 46.6 Å². The summed E-state index contributed by atoms with van der Waals surface area (Å²) in [5.41, 5.74) is 5.81. The summed E-state index contributed by atoms with van der Waals surface area (Å²) in [6, 6.07) is -0.466. The molecule has 0 saturated carbocycles. The number of nitrogens with one attached hydrogen (secondary N) is 1. The van der Waals surface area contributed by atoms with E-state index in [2.05, 4.69) is 5.32 Å². The van der Waals surface area contributed by atoms with Gasteiger partial charge in [-0.3, -0.25) is 9.59 Å². The van der Waals surface area contributed by atoms with Gasteiger partial charge in [-0.2, -0.15) is 0 Å². The molecule has 0 radical (unpaired) electrons. The Morgan fingerprint density at radius 2 is 2.05 bits per heavy atom. The predicted octanol–water partition coefficient (Wildman–Crippen LogP) is 0.735. The highest BCUT2D eigenvalue weighted by Gasteiger charge is 2.33. The molecule has 1 heterocycles. The molecule has 0 aromatic heterocycles. The lowest BCUT2D eigenvalue weighted by Gasteiger charge is -2.37. The summed E-state index contributed by atoms with van der Waals surface area (Å²) < 4.78 is 0. The average molecular weight is 269 g/mol. The first-order valence-electron chi connectivity index (χ1n) is 7.00. The van der Waals surface area contributed by atoms with Gasteiger partial charge in [-0.05, 0) is 24.2 Å². The standard InChI is InChI=1S/C14H27N3O2/c1-10(18)16-8-11-6-5-7-17(9-11)13(19)12(15)14(2,3)4/h11-12H,5-9,15H2,1-4H3,(H,16,18)/t11?,12-/m1/s1. The zero-order valence-corrected chi connectivity index (χ0v) is 12.5. The van der Waals surface area contributed by atoms with Crippen LogP contribution in [0.5, 0.6) is 0 Å².